The van der Waals surface area contributed by atoms with Gasteiger partial charge >= 0.3 is 13.7 Å². The van der Waals surface area contributed by atoms with Crippen LogP contribution in [-0.2, 0) is 23.4 Å². The maximum absolute atomic E-state index is 13.9. The summed E-state index contributed by atoms with van der Waals surface area (Å²) in [5.41, 5.74) is 6.55. The first-order valence-corrected chi connectivity index (χ1v) is 16.2. The summed E-state index contributed by atoms with van der Waals surface area (Å²) in [5.74, 6) is -0.236. The van der Waals surface area contributed by atoms with Crippen molar-refractivity contribution in [2.45, 2.75) is 76.9 Å². The first-order valence-electron chi connectivity index (χ1n) is 14.7. The molecule has 0 fully saturated rings. The molecule has 5 N–H and O–H groups in total. The maximum atomic E-state index is 13.9. The molecule has 44 heavy (non-hydrogen) atoms. The first-order chi connectivity index (χ1) is 21.2. The van der Waals surface area contributed by atoms with Gasteiger partial charge in [0.1, 0.15) is 17.9 Å². The van der Waals surface area contributed by atoms with E-state index in [1.165, 1.54) is 24.7 Å². The SMILES string of the molecule is CC1NP(=O)(Oc2ccccc2)OCC(CO)OC(C(C)O)n2cnc3c(nc(N)nc32)OCCCCCCCCOC1=O. The highest BCUT2D eigenvalue weighted by Gasteiger charge is 2.34. The third-order valence-electron chi connectivity index (χ3n) is 6.76. The molecule has 1 aromatic carbocycles. The zero-order valence-corrected chi connectivity index (χ0v) is 25.8. The second kappa shape index (κ2) is 16.1. The first kappa shape index (κ1) is 33.6. The van der Waals surface area contributed by atoms with E-state index in [1.807, 2.05) is 0 Å². The Morgan fingerprint density at radius 1 is 1.11 bits per heavy atom. The third-order valence-corrected chi connectivity index (χ3v) is 8.40. The Labute approximate surface area is 255 Å². The van der Waals surface area contributed by atoms with Gasteiger partial charge in [-0.3, -0.25) is 13.9 Å². The van der Waals surface area contributed by atoms with E-state index in [2.05, 4.69) is 20.0 Å². The van der Waals surface area contributed by atoms with Crippen molar-refractivity contribution < 1.29 is 42.8 Å². The molecular weight excluding hydrogens is 595 g/mol. The number of para-hydroxylation sites is 1. The van der Waals surface area contributed by atoms with Crippen LogP contribution in [0.25, 0.3) is 11.2 Å². The number of nitrogens with two attached hydrogens (primary N) is 1. The monoisotopic (exact) mass is 636 g/mol. The number of carbonyl (C=O) groups excluding carboxylic acids is 1. The van der Waals surface area contributed by atoms with E-state index >= 15 is 0 Å². The Hall–Kier alpha value is -3.33. The summed E-state index contributed by atoms with van der Waals surface area (Å²) in [7, 11) is -4.23. The number of esters is 1. The molecule has 0 saturated heterocycles. The lowest BCUT2D eigenvalue weighted by Crippen LogP contribution is -2.37. The smallest absolute Gasteiger partial charge is 0.459 e. The van der Waals surface area contributed by atoms with Crippen molar-refractivity contribution in [3.8, 4) is 11.6 Å². The minimum atomic E-state index is -4.23. The number of anilines is 1. The molecule has 0 radical (unpaired) electrons. The Kier molecular flexibility index (Phi) is 12.3. The molecule has 15 nitrogen and oxygen atoms in total. The number of hydrogen-bond donors (Lipinski definition) is 4. The molecule has 3 heterocycles. The molecular formula is C28H41N6O9P. The topological polar surface area (TPSA) is 202 Å². The second-order valence-electron chi connectivity index (χ2n) is 10.5. The molecule has 1 aliphatic heterocycles. The predicted molar refractivity (Wildman–Crippen MR) is 160 cm³/mol. The second-order valence-corrected chi connectivity index (χ2v) is 12.2. The fourth-order valence-corrected chi connectivity index (χ4v) is 6.02. The molecule has 0 aliphatic carbocycles. The molecule has 5 atom stereocenters. The summed E-state index contributed by atoms with van der Waals surface area (Å²) >= 11 is 0. The number of benzene rings is 1. The average Bonchev–Trinajstić information content (AvgIpc) is 3.41. The highest BCUT2D eigenvalue weighted by molar-refractivity contribution is 7.52. The largest absolute Gasteiger partial charge is 0.476 e. The fourth-order valence-electron chi connectivity index (χ4n) is 4.50. The lowest BCUT2D eigenvalue weighted by Gasteiger charge is -2.28. The number of hydrogen-bond acceptors (Lipinski definition) is 13. The van der Waals surface area contributed by atoms with Gasteiger partial charge in [0.05, 0.1) is 38.9 Å². The van der Waals surface area contributed by atoms with E-state index in [0.717, 1.165) is 32.1 Å². The van der Waals surface area contributed by atoms with Crippen LogP contribution in [0.3, 0.4) is 0 Å². The summed E-state index contributed by atoms with van der Waals surface area (Å²) < 4.78 is 44.0. The van der Waals surface area contributed by atoms with Gasteiger partial charge in [-0.25, -0.2) is 9.55 Å². The Balaban J connectivity index is 1.61. The van der Waals surface area contributed by atoms with Crippen LogP contribution < -0.4 is 20.1 Å². The van der Waals surface area contributed by atoms with E-state index in [1.54, 1.807) is 30.3 Å². The quantitative estimate of drug-likeness (QED) is 0.240. The highest BCUT2D eigenvalue weighted by atomic mass is 31.2. The van der Waals surface area contributed by atoms with Crippen molar-refractivity contribution in [2.24, 2.45) is 0 Å². The van der Waals surface area contributed by atoms with Crippen molar-refractivity contribution in [1.29, 1.82) is 0 Å². The van der Waals surface area contributed by atoms with Gasteiger partial charge in [-0.2, -0.15) is 15.1 Å². The van der Waals surface area contributed by atoms with Crippen molar-refractivity contribution in [3.05, 3.63) is 36.7 Å². The van der Waals surface area contributed by atoms with E-state index in [0.29, 0.717) is 18.5 Å². The highest BCUT2D eigenvalue weighted by Crippen LogP contribution is 2.45. The summed E-state index contributed by atoms with van der Waals surface area (Å²) in [6, 6.07) is 7.26. The minimum absolute atomic E-state index is 0.0536. The normalized spacial score (nSPS) is 26.0. The average molecular weight is 637 g/mol. The molecule has 0 saturated carbocycles. The van der Waals surface area contributed by atoms with Gasteiger partial charge in [0.2, 0.25) is 11.8 Å². The molecule has 5 unspecified atom stereocenters. The number of nitrogens with one attached hydrogen (secondary N) is 1. The molecule has 0 spiro atoms. The Morgan fingerprint density at radius 2 is 1.80 bits per heavy atom. The van der Waals surface area contributed by atoms with Gasteiger partial charge in [0, 0.05) is 0 Å². The van der Waals surface area contributed by atoms with Crippen LogP contribution in [0.2, 0.25) is 0 Å². The third kappa shape index (κ3) is 9.34. The van der Waals surface area contributed by atoms with E-state index in [9.17, 15) is 19.6 Å². The lowest BCUT2D eigenvalue weighted by atomic mass is 10.1. The molecule has 2 aromatic heterocycles. The zero-order chi connectivity index (χ0) is 31.5. The van der Waals surface area contributed by atoms with Crippen molar-refractivity contribution >= 4 is 30.8 Å². The number of ether oxygens (including phenoxy) is 3. The number of nitrogen functional groups attached to an aromatic ring is 1. The zero-order valence-electron chi connectivity index (χ0n) is 24.9. The van der Waals surface area contributed by atoms with Crippen molar-refractivity contribution in [3.63, 3.8) is 0 Å². The van der Waals surface area contributed by atoms with Crippen LogP contribution in [0, 0.1) is 0 Å². The van der Waals surface area contributed by atoms with Crippen molar-refractivity contribution in [2.75, 3.05) is 32.2 Å². The van der Waals surface area contributed by atoms with Gasteiger partial charge in [-0.1, -0.05) is 43.9 Å². The van der Waals surface area contributed by atoms with Crippen LogP contribution in [-0.4, -0.2) is 80.4 Å². The lowest BCUT2D eigenvalue weighted by molar-refractivity contribution is -0.145. The van der Waals surface area contributed by atoms with Crippen LogP contribution in [0.5, 0.6) is 11.6 Å². The number of aliphatic hydroxyl groups excluding tert-OH is 2. The van der Waals surface area contributed by atoms with Gasteiger partial charge in [0.25, 0.3) is 0 Å². The molecule has 3 aromatic rings. The van der Waals surface area contributed by atoms with Crippen LogP contribution in [0.1, 0.15) is 58.6 Å². The number of aromatic nitrogens is 4. The van der Waals surface area contributed by atoms with Gasteiger partial charge in [-0.15, -0.1) is 0 Å². The molecule has 1 aliphatic rings. The van der Waals surface area contributed by atoms with Crippen LogP contribution >= 0.6 is 7.75 Å². The van der Waals surface area contributed by atoms with E-state index in [4.69, 9.17) is 29.0 Å². The molecule has 0 amide bonds. The summed E-state index contributed by atoms with van der Waals surface area (Å²) in [6.45, 7) is 2.56. The van der Waals surface area contributed by atoms with Crippen molar-refractivity contribution in [1.82, 2.24) is 24.6 Å². The van der Waals surface area contributed by atoms with E-state index < -0.39 is 51.4 Å². The Bertz CT molecular complexity index is 1390. The number of cyclic esters (lactones) is 1. The summed E-state index contributed by atoms with van der Waals surface area (Å²) in [4.78, 5) is 25.5. The summed E-state index contributed by atoms with van der Waals surface area (Å²) in [6.07, 6.45) is 3.24. The van der Waals surface area contributed by atoms with Crippen LogP contribution in [0.4, 0.5) is 5.95 Å². The van der Waals surface area contributed by atoms with Gasteiger partial charge < -0.3 is 34.7 Å². The van der Waals surface area contributed by atoms with Gasteiger partial charge in [-0.05, 0) is 38.8 Å². The Morgan fingerprint density at radius 3 is 2.48 bits per heavy atom. The number of aliphatic hydroxyl groups is 2. The molecule has 4 bridgehead atoms. The standard InChI is InChI=1S/C28H41N6O9P/c1-19-27(37)40-15-11-6-4-3-5-10-14-39-25-23-24(31-28(29)32-25)34(18-30-23)26(20(2)36)42-22(16-35)17-41-44(38,33-19)43-21-12-8-7-9-13-21/h7-9,12-13,18-20,22,26,35-36H,3-6,10-11,14-17H2,1-2H3,(H,33,38)(H2,29,31,32). The minimum Gasteiger partial charge on any atom is -0.476 e. The number of imidazole rings is 1. The maximum Gasteiger partial charge on any atom is 0.459 e. The number of carbonyl (C=O) groups is 1. The number of rotatable bonds is 4. The summed E-state index contributed by atoms with van der Waals surface area (Å²) in [5, 5.41) is 23.4. The molecule has 16 heteroatoms. The van der Waals surface area contributed by atoms with Crippen LogP contribution in [0.15, 0.2) is 36.7 Å². The molecule has 4 rings (SSSR count). The number of nitrogens with zero attached hydrogens (tertiary/aromatic N) is 4. The predicted octanol–water partition coefficient (Wildman–Crippen LogP) is 3.12. The van der Waals surface area contributed by atoms with Gasteiger partial charge in [0.15, 0.2) is 17.4 Å². The van der Waals surface area contributed by atoms with E-state index in [-0.39, 0.29) is 29.8 Å². The fraction of sp³-hybridized carbons (Fsp3) is 0.571. The molecule has 242 valence electrons.